The number of carbonyl (C=O) groups excluding carboxylic acids is 1. The summed E-state index contributed by atoms with van der Waals surface area (Å²) in [6, 6.07) is 8.03. The Hall–Kier alpha value is -0.870. The lowest BCUT2D eigenvalue weighted by atomic mass is 9.88. The van der Waals surface area contributed by atoms with Crippen LogP contribution in [0.4, 0.5) is 0 Å². The molecule has 0 saturated heterocycles. The number of benzene rings is 1. The first kappa shape index (κ1) is 16.5. The van der Waals surface area contributed by atoms with E-state index in [1.54, 1.807) is 0 Å². The molecule has 1 aliphatic carbocycles. The van der Waals surface area contributed by atoms with Gasteiger partial charge in [-0.3, -0.25) is 4.79 Å². The van der Waals surface area contributed by atoms with E-state index in [-0.39, 0.29) is 24.3 Å². The topological polar surface area (TPSA) is 49.3 Å². The number of rotatable bonds is 6. The Kier molecular flexibility index (Phi) is 6.71. The average Bonchev–Trinajstić information content (AvgIpc) is 2.53. The number of halogens is 1. The molecular weight excluding hydrogens is 330 g/mol. The maximum absolute atomic E-state index is 12.1. The summed E-state index contributed by atoms with van der Waals surface area (Å²) in [6.07, 6.45) is 6.38. The number of hydrogen-bond donors (Lipinski definition) is 2. The first-order valence-corrected chi connectivity index (χ1v) is 8.62. The minimum Gasteiger partial charge on any atom is -0.396 e. The molecule has 0 bridgehead atoms. The molecule has 1 amide bonds. The van der Waals surface area contributed by atoms with Gasteiger partial charge in [0, 0.05) is 29.5 Å². The van der Waals surface area contributed by atoms with Crippen LogP contribution < -0.4 is 5.32 Å². The molecule has 1 aromatic carbocycles. The number of aliphatic hydroxyl groups is 1. The van der Waals surface area contributed by atoms with Gasteiger partial charge in [0.2, 0.25) is 5.91 Å². The van der Waals surface area contributed by atoms with Gasteiger partial charge in [-0.15, -0.1) is 0 Å². The third-order valence-corrected chi connectivity index (χ3v) is 5.04. The molecule has 0 radical (unpaired) electrons. The molecule has 0 aliphatic heterocycles. The molecule has 0 unspecified atom stereocenters. The number of nitrogens with one attached hydrogen (secondary N) is 1. The molecule has 116 valence electrons. The van der Waals surface area contributed by atoms with Crippen LogP contribution in [-0.2, 0) is 11.2 Å². The molecule has 4 heteroatoms. The third kappa shape index (κ3) is 5.11. The van der Waals surface area contributed by atoms with Gasteiger partial charge in [-0.05, 0) is 30.9 Å². The largest absolute Gasteiger partial charge is 0.396 e. The van der Waals surface area contributed by atoms with Crippen molar-refractivity contribution >= 4 is 21.8 Å². The number of hydrogen-bond acceptors (Lipinski definition) is 2. The van der Waals surface area contributed by atoms with Gasteiger partial charge in [0.05, 0.1) is 0 Å². The van der Waals surface area contributed by atoms with E-state index in [1.165, 1.54) is 24.8 Å². The fraction of sp³-hybridized carbons (Fsp3) is 0.588. The van der Waals surface area contributed by atoms with Crippen LogP contribution in [0.2, 0.25) is 0 Å². The van der Waals surface area contributed by atoms with Gasteiger partial charge < -0.3 is 10.4 Å². The van der Waals surface area contributed by atoms with Crippen molar-refractivity contribution in [2.75, 3.05) is 13.2 Å². The van der Waals surface area contributed by atoms with Crippen molar-refractivity contribution in [1.29, 1.82) is 0 Å². The van der Waals surface area contributed by atoms with Crippen LogP contribution in [0.25, 0.3) is 0 Å². The summed E-state index contributed by atoms with van der Waals surface area (Å²) in [6.45, 7) is 0.638. The standard InChI is InChI=1S/C17H24BrNO2/c18-16-9-5-4-8-15(16)10-13(12-20)11-19-17(21)14-6-2-1-3-7-14/h4-5,8-9,13-14,20H,1-3,6-7,10-12H2,(H,19,21)/t13-/m1/s1. The van der Waals surface area contributed by atoms with Gasteiger partial charge in [-0.1, -0.05) is 53.4 Å². The summed E-state index contributed by atoms with van der Waals surface area (Å²) in [5.41, 5.74) is 1.17. The second-order valence-corrected chi connectivity index (χ2v) is 6.78. The zero-order valence-electron chi connectivity index (χ0n) is 12.4. The zero-order chi connectivity index (χ0) is 15.1. The molecule has 1 aliphatic rings. The second kappa shape index (κ2) is 8.54. The van der Waals surface area contributed by atoms with Gasteiger partial charge in [0.15, 0.2) is 0 Å². The van der Waals surface area contributed by atoms with E-state index >= 15 is 0 Å². The number of aliphatic hydroxyl groups excluding tert-OH is 1. The van der Waals surface area contributed by atoms with Crippen LogP contribution in [-0.4, -0.2) is 24.2 Å². The fourth-order valence-electron chi connectivity index (χ4n) is 2.93. The van der Waals surface area contributed by atoms with Crippen LogP contribution in [0, 0.1) is 11.8 Å². The number of carbonyl (C=O) groups is 1. The monoisotopic (exact) mass is 353 g/mol. The van der Waals surface area contributed by atoms with Crippen LogP contribution in [0.5, 0.6) is 0 Å². The van der Waals surface area contributed by atoms with E-state index in [4.69, 9.17) is 0 Å². The SMILES string of the molecule is O=C(NC[C@H](CO)Cc1ccccc1Br)C1CCCCC1. The minimum absolute atomic E-state index is 0.0660. The molecule has 0 aromatic heterocycles. The highest BCUT2D eigenvalue weighted by Crippen LogP contribution is 2.24. The van der Waals surface area contributed by atoms with Gasteiger partial charge >= 0.3 is 0 Å². The van der Waals surface area contributed by atoms with Crippen LogP contribution >= 0.6 is 15.9 Å². The highest BCUT2D eigenvalue weighted by Gasteiger charge is 2.21. The Bertz CT molecular complexity index is 458. The molecule has 21 heavy (non-hydrogen) atoms. The van der Waals surface area contributed by atoms with Crippen LogP contribution in [0.1, 0.15) is 37.7 Å². The molecule has 1 saturated carbocycles. The first-order valence-electron chi connectivity index (χ1n) is 7.82. The van der Waals surface area contributed by atoms with Gasteiger partial charge in [0.25, 0.3) is 0 Å². The van der Waals surface area contributed by atoms with Gasteiger partial charge in [-0.2, -0.15) is 0 Å². The zero-order valence-corrected chi connectivity index (χ0v) is 13.9. The lowest BCUT2D eigenvalue weighted by Gasteiger charge is -2.22. The predicted octanol–water partition coefficient (Wildman–Crippen LogP) is 3.30. The molecule has 0 heterocycles. The Morgan fingerprint density at radius 2 is 2.00 bits per heavy atom. The maximum Gasteiger partial charge on any atom is 0.223 e. The lowest BCUT2D eigenvalue weighted by molar-refractivity contribution is -0.126. The second-order valence-electron chi connectivity index (χ2n) is 5.92. The van der Waals surface area contributed by atoms with Gasteiger partial charge in [-0.25, -0.2) is 0 Å². The average molecular weight is 354 g/mol. The van der Waals surface area contributed by atoms with E-state index in [2.05, 4.69) is 27.3 Å². The summed E-state index contributed by atoms with van der Waals surface area (Å²) < 4.78 is 1.06. The molecule has 1 fully saturated rings. The molecule has 2 rings (SSSR count). The van der Waals surface area contributed by atoms with Crippen molar-refractivity contribution in [3.63, 3.8) is 0 Å². The molecule has 0 spiro atoms. The molecule has 1 atom stereocenters. The molecule has 1 aromatic rings. The molecule has 2 N–H and O–H groups in total. The smallest absolute Gasteiger partial charge is 0.223 e. The van der Waals surface area contributed by atoms with Crippen molar-refractivity contribution < 1.29 is 9.90 Å². The van der Waals surface area contributed by atoms with E-state index in [0.29, 0.717) is 6.54 Å². The van der Waals surface area contributed by atoms with Crippen molar-refractivity contribution in [1.82, 2.24) is 5.32 Å². The van der Waals surface area contributed by atoms with Crippen LogP contribution in [0.3, 0.4) is 0 Å². The summed E-state index contributed by atoms with van der Waals surface area (Å²) >= 11 is 3.53. The number of amides is 1. The minimum atomic E-state index is 0.0660. The van der Waals surface area contributed by atoms with Crippen molar-refractivity contribution in [2.24, 2.45) is 11.8 Å². The Labute approximate surface area is 135 Å². The lowest BCUT2D eigenvalue weighted by Crippen LogP contribution is -2.36. The highest BCUT2D eigenvalue weighted by atomic mass is 79.9. The van der Waals surface area contributed by atoms with E-state index in [1.807, 2.05) is 18.2 Å². The summed E-state index contributed by atoms with van der Waals surface area (Å²) in [4.78, 5) is 12.1. The summed E-state index contributed by atoms with van der Waals surface area (Å²) in [5.74, 6) is 0.415. The Morgan fingerprint density at radius 3 is 2.67 bits per heavy atom. The Morgan fingerprint density at radius 1 is 1.29 bits per heavy atom. The maximum atomic E-state index is 12.1. The normalized spacial score (nSPS) is 17.4. The van der Waals surface area contributed by atoms with Crippen molar-refractivity contribution in [3.8, 4) is 0 Å². The summed E-state index contributed by atoms with van der Waals surface area (Å²) in [7, 11) is 0. The van der Waals surface area contributed by atoms with Crippen molar-refractivity contribution in [3.05, 3.63) is 34.3 Å². The molecular formula is C17H24BrNO2. The van der Waals surface area contributed by atoms with Crippen molar-refractivity contribution in [2.45, 2.75) is 38.5 Å². The summed E-state index contributed by atoms with van der Waals surface area (Å²) in [5, 5.41) is 12.6. The first-order chi connectivity index (χ1) is 10.2. The third-order valence-electron chi connectivity index (χ3n) is 4.27. The van der Waals surface area contributed by atoms with Gasteiger partial charge in [0.1, 0.15) is 0 Å². The van der Waals surface area contributed by atoms with E-state index in [0.717, 1.165) is 23.7 Å². The predicted molar refractivity (Wildman–Crippen MR) is 88.0 cm³/mol. The van der Waals surface area contributed by atoms with E-state index in [9.17, 15) is 9.90 Å². The van der Waals surface area contributed by atoms with E-state index < -0.39 is 0 Å². The quantitative estimate of drug-likeness (QED) is 0.824. The highest BCUT2D eigenvalue weighted by molar-refractivity contribution is 9.10. The van der Waals surface area contributed by atoms with Crippen LogP contribution in [0.15, 0.2) is 28.7 Å². The Balaban J connectivity index is 1.82. The fourth-order valence-corrected chi connectivity index (χ4v) is 3.38. The molecule has 3 nitrogen and oxygen atoms in total.